The molecule has 0 bridgehead atoms. The number of nitrogens with one attached hydrogen (secondary N) is 1. The van der Waals surface area contributed by atoms with Crippen molar-refractivity contribution in [2.45, 2.75) is 25.8 Å². The summed E-state index contributed by atoms with van der Waals surface area (Å²) in [4.78, 5) is 0. The van der Waals surface area contributed by atoms with Crippen LogP contribution >= 0.6 is 0 Å². The fourth-order valence-electron chi connectivity index (χ4n) is 1.05. The average molecular weight is 157 g/mol. The lowest BCUT2D eigenvalue weighted by molar-refractivity contribution is 0.183. The molecular weight excluding hydrogens is 138 g/mol. The van der Waals surface area contributed by atoms with E-state index in [0.717, 1.165) is 26.0 Å². The quantitative estimate of drug-likeness (QED) is 0.566. The van der Waals surface area contributed by atoms with Crippen molar-refractivity contribution in [2.24, 2.45) is 0 Å². The summed E-state index contributed by atoms with van der Waals surface area (Å²) in [7, 11) is 1.73. The van der Waals surface area contributed by atoms with Crippen molar-refractivity contribution in [1.82, 2.24) is 5.32 Å². The van der Waals surface area contributed by atoms with Crippen LogP contribution in [0.3, 0.4) is 0 Å². The van der Waals surface area contributed by atoms with Crippen LogP contribution < -0.4 is 5.32 Å². The van der Waals surface area contributed by atoms with E-state index >= 15 is 0 Å². The molecule has 66 valence electrons. The van der Waals surface area contributed by atoms with Crippen LogP contribution in [0.5, 0.6) is 0 Å². The van der Waals surface area contributed by atoms with Crippen LogP contribution in [0.4, 0.5) is 0 Å². The third-order valence-electron chi connectivity index (χ3n) is 1.61. The molecule has 0 aromatic heterocycles. The van der Waals surface area contributed by atoms with Gasteiger partial charge in [0, 0.05) is 19.8 Å². The molecule has 0 aliphatic heterocycles. The molecule has 0 aliphatic carbocycles. The third kappa shape index (κ3) is 6.07. The maximum absolute atomic E-state index is 4.99. The van der Waals surface area contributed by atoms with Gasteiger partial charge in [-0.3, -0.25) is 0 Å². The first-order valence-electron chi connectivity index (χ1n) is 4.18. The topological polar surface area (TPSA) is 21.3 Å². The van der Waals surface area contributed by atoms with Gasteiger partial charge in [0.25, 0.3) is 0 Å². The molecule has 2 heteroatoms. The van der Waals surface area contributed by atoms with E-state index in [1.54, 1.807) is 7.11 Å². The first-order valence-corrected chi connectivity index (χ1v) is 4.18. The van der Waals surface area contributed by atoms with Crippen LogP contribution in [0.15, 0.2) is 12.7 Å². The fraction of sp³-hybridized carbons (Fsp3) is 0.778. The Morgan fingerprint density at radius 2 is 2.36 bits per heavy atom. The Balaban J connectivity index is 3.41. The van der Waals surface area contributed by atoms with Crippen molar-refractivity contribution in [2.75, 3.05) is 20.3 Å². The first kappa shape index (κ1) is 10.7. The van der Waals surface area contributed by atoms with Crippen LogP contribution in [0.2, 0.25) is 0 Å². The van der Waals surface area contributed by atoms with Gasteiger partial charge in [-0.05, 0) is 19.4 Å². The largest absolute Gasteiger partial charge is 0.385 e. The predicted molar refractivity (Wildman–Crippen MR) is 48.8 cm³/mol. The van der Waals surface area contributed by atoms with Gasteiger partial charge in [-0.2, -0.15) is 0 Å². The summed E-state index contributed by atoms with van der Waals surface area (Å²) in [5.74, 6) is 0. The van der Waals surface area contributed by atoms with Crippen molar-refractivity contribution >= 4 is 0 Å². The number of methoxy groups -OCH3 is 1. The van der Waals surface area contributed by atoms with E-state index in [1.807, 2.05) is 6.08 Å². The lowest BCUT2D eigenvalue weighted by Gasteiger charge is -2.14. The minimum Gasteiger partial charge on any atom is -0.385 e. The summed E-state index contributed by atoms with van der Waals surface area (Å²) < 4.78 is 4.99. The van der Waals surface area contributed by atoms with E-state index in [-0.39, 0.29) is 0 Å². The Morgan fingerprint density at radius 3 is 2.82 bits per heavy atom. The molecule has 1 N–H and O–H groups in total. The highest BCUT2D eigenvalue weighted by Crippen LogP contribution is 1.98. The molecular formula is C9H19NO. The van der Waals surface area contributed by atoms with Gasteiger partial charge in [-0.25, -0.2) is 0 Å². The molecule has 11 heavy (non-hydrogen) atoms. The van der Waals surface area contributed by atoms with Crippen molar-refractivity contribution in [3.63, 3.8) is 0 Å². The van der Waals surface area contributed by atoms with E-state index in [9.17, 15) is 0 Å². The van der Waals surface area contributed by atoms with Crippen LogP contribution in [0, 0.1) is 0 Å². The Morgan fingerprint density at radius 1 is 1.64 bits per heavy atom. The molecule has 0 saturated heterocycles. The zero-order chi connectivity index (χ0) is 8.53. The second-order valence-electron chi connectivity index (χ2n) is 2.56. The monoisotopic (exact) mass is 157 g/mol. The number of ether oxygens (including phenoxy) is 1. The van der Waals surface area contributed by atoms with Gasteiger partial charge >= 0.3 is 0 Å². The van der Waals surface area contributed by atoms with Crippen molar-refractivity contribution in [3.8, 4) is 0 Å². The standard InChI is InChI=1S/C9H19NO/c1-4-6-9(10-5-2)7-8-11-3/h4,9-10H,1,5-8H2,2-3H3. The van der Waals surface area contributed by atoms with Gasteiger partial charge in [0.15, 0.2) is 0 Å². The first-order chi connectivity index (χ1) is 5.35. The molecule has 0 fully saturated rings. The zero-order valence-corrected chi connectivity index (χ0v) is 7.60. The lowest BCUT2D eigenvalue weighted by Crippen LogP contribution is -2.29. The van der Waals surface area contributed by atoms with Crippen LogP contribution in [-0.4, -0.2) is 26.3 Å². The fourth-order valence-corrected chi connectivity index (χ4v) is 1.05. The Labute approximate surface area is 69.6 Å². The molecule has 1 atom stereocenters. The van der Waals surface area contributed by atoms with Crippen LogP contribution in [0.25, 0.3) is 0 Å². The summed E-state index contributed by atoms with van der Waals surface area (Å²) in [5, 5.41) is 3.37. The maximum Gasteiger partial charge on any atom is 0.0477 e. The van der Waals surface area contributed by atoms with Gasteiger partial charge in [0.2, 0.25) is 0 Å². The molecule has 2 nitrogen and oxygen atoms in total. The zero-order valence-electron chi connectivity index (χ0n) is 7.60. The second-order valence-corrected chi connectivity index (χ2v) is 2.56. The van der Waals surface area contributed by atoms with Gasteiger partial charge < -0.3 is 10.1 Å². The molecule has 0 radical (unpaired) electrons. The molecule has 0 aliphatic rings. The normalized spacial score (nSPS) is 12.9. The third-order valence-corrected chi connectivity index (χ3v) is 1.61. The highest BCUT2D eigenvalue weighted by molar-refractivity contribution is 4.77. The van der Waals surface area contributed by atoms with Gasteiger partial charge in [-0.1, -0.05) is 13.0 Å². The Kier molecular flexibility index (Phi) is 7.52. The van der Waals surface area contributed by atoms with Crippen LogP contribution in [-0.2, 0) is 4.74 Å². The van der Waals surface area contributed by atoms with Gasteiger partial charge in [0.1, 0.15) is 0 Å². The lowest BCUT2D eigenvalue weighted by atomic mass is 10.1. The van der Waals surface area contributed by atoms with Crippen molar-refractivity contribution in [3.05, 3.63) is 12.7 Å². The molecule has 0 aromatic carbocycles. The highest BCUT2D eigenvalue weighted by Gasteiger charge is 2.02. The average Bonchev–Trinajstić information content (AvgIpc) is 2.01. The summed E-state index contributed by atoms with van der Waals surface area (Å²) >= 11 is 0. The van der Waals surface area contributed by atoms with Crippen molar-refractivity contribution < 1.29 is 4.74 Å². The van der Waals surface area contributed by atoms with E-state index in [0.29, 0.717) is 6.04 Å². The summed E-state index contributed by atoms with van der Waals surface area (Å²) in [5.41, 5.74) is 0. The number of hydrogen-bond acceptors (Lipinski definition) is 2. The van der Waals surface area contributed by atoms with Crippen molar-refractivity contribution in [1.29, 1.82) is 0 Å². The molecule has 0 saturated carbocycles. The second kappa shape index (κ2) is 7.76. The van der Waals surface area contributed by atoms with E-state index in [2.05, 4.69) is 18.8 Å². The minimum absolute atomic E-state index is 0.539. The highest BCUT2D eigenvalue weighted by atomic mass is 16.5. The molecule has 0 heterocycles. The summed E-state index contributed by atoms with van der Waals surface area (Å²) in [6.45, 7) is 7.66. The van der Waals surface area contributed by atoms with E-state index in [4.69, 9.17) is 4.74 Å². The van der Waals surface area contributed by atoms with Gasteiger partial charge in [0.05, 0.1) is 0 Å². The Hall–Kier alpha value is -0.340. The molecule has 0 aromatic rings. The molecule has 1 unspecified atom stereocenters. The van der Waals surface area contributed by atoms with E-state index < -0.39 is 0 Å². The smallest absolute Gasteiger partial charge is 0.0477 e. The number of hydrogen-bond donors (Lipinski definition) is 1. The summed E-state index contributed by atoms with van der Waals surface area (Å²) in [6.07, 6.45) is 4.04. The number of rotatable bonds is 7. The van der Waals surface area contributed by atoms with Crippen LogP contribution in [0.1, 0.15) is 19.8 Å². The predicted octanol–water partition coefficient (Wildman–Crippen LogP) is 1.58. The molecule has 0 amide bonds. The molecule has 0 rings (SSSR count). The van der Waals surface area contributed by atoms with E-state index in [1.165, 1.54) is 0 Å². The molecule has 0 spiro atoms. The summed E-state index contributed by atoms with van der Waals surface area (Å²) in [6, 6.07) is 0.539. The SMILES string of the molecule is C=CCC(CCOC)NCC. The minimum atomic E-state index is 0.539. The maximum atomic E-state index is 4.99. The van der Waals surface area contributed by atoms with Gasteiger partial charge in [-0.15, -0.1) is 6.58 Å². The Bertz CT molecular complexity index is 93.6.